The number of methoxy groups -OCH3 is 1. The molecule has 0 aliphatic carbocycles. The van der Waals surface area contributed by atoms with Crippen LogP contribution in [0.15, 0.2) is 30.5 Å². The van der Waals surface area contributed by atoms with Gasteiger partial charge in [-0.15, -0.1) is 10.2 Å². The van der Waals surface area contributed by atoms with Crippen molar-refractivity contribution in [2.24, 2.45) is 0 Å². The summed E-state index contributed by atoms with van der Waals surface area (Å²) >= 11 is 0. The number of rotatable bonds is 6. The van der Waals surface area contributed by atoms with Gasteiger partial charge in [-0.3, -0.25) is 4.79 Å². The van der Waals surface area contributed by atoms with Gasteiger partial charge in [0.1, 0.15) is 17.1 Å². The zero-order chi connectivity index (χ0) is 29.0. The van der Waals surface area contributed by atoms with Gasteiger partial charge in [0.05, 0.1) is 25.2 Å². The summed E-state index contributed by atoms with van der Waals surface area (Å²) in [6, 6.07) is 4.04. The molecule has 0 saturated carbocycles. The van der Waals surface area contributed by atoms with Gasteiger partial charge in [-0.25, -0.2) is 26.8 Å². The van der Waals surface area contributed by atoms with E-state index in [-0.39, 0.29) is 24.8 Å². The second-order valence-corrected chi connectivity index (χ2v) is 8.75. The normalized spacial score (nSPS) is 20.0. The lowest BCUT2D eigenvalue weighted by Gasteiger charge is -2.38. The van der Waals surface area contributed by atoms with Crippen LogP contribution in [0.3, 0.4) is 0 Å². The molecule has 0 radical (unpaired) electrons. The molecular formula is C23H24F4N8O2. The number of hydrogen-bond donors (Lipinski definition) is 1. The molecule has 0 bridgehead atoms. The number of hydrogen-bond acceptors (Lipinski definition) is 7. The minimum atomic E-state index is -3.46. The SMILES string of the molecule is [2H]C([2H])([2H])C(=O)N1CC[C@@H](Nc2nc(OC)c3c(-c4ccc5nnn([C@H](C)C(F)F)c5c4)ccn3n2)C(F)(F)C1. The van der Waals surface area contributed by atoms with Crippen LogP contribution >= 0.6 is 0 Å². The highest BCUT2D eigenvalue weighted by Crippen LogP contribution is 2.35. The Kier molecular flexibility index (Phi) is 5.23. The molecule has 5 rings (SSSR count). The number of halogens is 4. The first kappa shape index (κ1) is 21.1. The van der Waals surface area contributed by atoms with Crippen LogP contribution in [0, 0.1) is 0 Å². The summed E-state index contributed by atoms with van der Waals surface area (Å²) in [4.78, 5) is 16.9. The fourth-order valence-electron chi connectivity index (χ4n) is 4.39. The van der Waals surface area contributed by atoms with Crippen molar-refractivity contribution in [1.82, 2.24) is 34.5 Å². The molecule has 0 spiro atoms. The van der Waals surface area contributed by atoms with Crippen molar-refractivity contribution >= 4 is 28.4 Å². The molecule has 1 fully saturated rings. The van der Waals surface area contributed by atoms with E-state index >= 15 is 0 Å². The molecule has 1 aliphatic rings. The average Bonchev–Trinajstić information content (AvgIpc) is 3.51. The molecule has 37 heavy (non-hydrogen) atoms. The number of ether oxygens (including phenoxy) is 1. The zero-order valence-corrected chi connectivity index (χ0v) is 19.7. The first-order valence-electron chi connectivity index (χ1n) is 12.8. The van der Waals surface area contributed by atoms with Crippen molar-refractivity contribution in [3.63, 3.8) is 0 Å². The minimum absolute atomic E-state index is 0.0588. The Labute approximate surface area is 212 Å². The van der Waals surface area contributed by atoms with Crippen LogP contribution in [0.1, 0.15) is 30.4 Å². The maximum atomic E-state index is 14.9. The summed E-state index contributed by atoms with van der Waals surface area (Å²) in [5.74, 6) is -4.90. The van der Waals surface area contributed by atoms with Crippen LogP contribution < -0.4 is 10.1 Å². The van der Waals surface area contributed by atoms with Crippen molar-refractivity contribution in [3.05, 3.63) is 30.5 Å². The quantitative estimate of drug-likeness (QED) is 0.385. The van der Waals surface area contributed by atoms with Crippen LogP contribution in [0.4, 0.5) is 23.5 Å². The van der Waals surface area contributed by atoms with Gasteiger partial charge in [-0.1, -0.05) is 11.3 Å². The van der Waals surface area contributed by atoms with E-state index in [2.05, 4.69) is 25.7 Å². The minimum Gasteiger partial charge on any atom is -0.479 e. The third-order valence-electron chi connectivity index (χ3n) is 6.39. The number of likely N-dealkylation sites (tertiary alicyclic amines) is 1. The van der Waals surface area contributed by atoms with Crippen molar-refractivity contribution < 1.29 is 31.2 Å². The van der Waals surface area contributed by atoms with Crippen LogP contribution in [-0.2, 0) is 4.79 Å². The first-order chi connectivity index (χ1) is 18.8. The number of aromatic nitrogens is 6. The Morgan fingerprint density at radius 3 is 2.84 bits per heavy atom. The standard InChI is InChI=1S/C23H24F4N8O2/c1-12(20(24)25)35-17-10-14(4-5-16(17)30-32-35)15-6-9-34-19(15)21(37-3)29-22(31-34)28-18-7-8-33(13(2)36)11-23(18,26)27/h4-6,9-10,12,18,20H,7-8,11H2,1-3H3,(H,28,31)/t12-,18-/m1/s1/i2D3. The van der Waals surface area contributed by atoms with E-state index in [4.69, 9.17) is 8.85 Å². The lowest BCUT2D eigenvalue weighted by atomic mass is 10.0. The summed E-state index contributed by atoms with van der Waals surface area (Å²) in [6.07, 6.45) is -1.32. The van der Waals surface area contributed by atoms with Gasteiger partial charge >= 0.3 is 0 Å². The Bertz CT molecular complexity index is 1580. The largest absolute Gasteiger partial charge is 0.479 e. The van der Waals surface area contributed by atoms with Crippen molar-refractivity contribution in [3.8, 4) is 17.0 Å². The van der Waals surface area contributed by atoms with E-state index in [1.54, 1.807) is 30.5 Å². The molecule has 196 valence electrons. The van der Waals surface area contributed by atoms with Crippen LogP contribution in [0.2, 0.25) is 0 Å². The smallest absolute Gasteiger partial charge is 0.285 e. The number of piperidine rings is 1. The van der Waals surface area contributed by atoms with Crippen LogP contribution in [0.5, 0.6) is 5.88 Å². The van der Waals surface area contributed by atoms with E-state index in [1.165, 1.54) is 18.5 Å². The van der Waals surface area contributed by atoms with Gasteiger partial charge in [-0.2, -0.15) is 4.98 Å². The maximum absolute atomic E-state index is 14.9. The molecule has 14 heteroatoms. The third-order valence-corrected chi connectivity index (χ3v) is 6.39. The molecule has 10 nitrogen and oxygen atoms in total. The fourth-order valence-corrected chi connectivity index (χ4v) is 4.39. The number of carbonyl (C=O) groups excluding carboxylic acids is 1. The van der Waals surface area contributed by atoms with E-state index in [0.717, 1.165) is 4.68 Å². The fraction of sp³-hybridized carbons (Fsp3) is 0.435. The number of carbonyl (C=O) groups is 1. The van der Waals surface area contributed by atoms with Gasteiger partial charge in [-0.05, 0) is 37.1 Å². The summed E-state index contributed by atoms with van der Waals surface area (Å²) in [6.45, 7) is -2.92. The first-order valence-corrected chi connectivity index (χ1v) is 11.3. The molecule has 1 aliphatic heterocycles. The molecule has 2 atom stereocenters. The second kappa shape index (κ2) is 9.16. The number of fused-ring (bicyclic) bond motifs is 2. The van der Waals surface area contributed by atoms with E-state index in [0.29, 0.717) is 32.6 Å². The molecule has 1 amide bonds. The Morgan fingerprint density at radius 1 is 1.32 bits per heavy atom. The molecule has 3 aromatic heterocycles. The average molecular weight is 524 g/mol. The molecule has 1 aromatic carbocycles. The lowest BCUT2D eigenvalue weighted by Crippen LogP contribution is -2.55. The third kappa shape index (κ3) is 4.40. The van der Waals surface area contributed by atoms with Crippen molar-refractivity contribution in [1.29, 1.82) is 0 Å². The van der Waals surface area contributed by atoms with E-state index < -0.39 is 43.7 Å². The highest BCUT2D eigenvalue weighted by Gasteiger charge is 2.45. The summed E-state index contributed by atoms with van der Waals surface area (Å²) in [5, 5.41) is 14.7. The molecule has 0 unspecified atom stereocenters. The van der Waals surface area contributed by atoms with E-state index in [9.17, 15) is 22.4 Å². The van der Waals surface area contributed by atoms with Crippen molar-refractivity contribution in [2.75, 3.05) is 25.5 Å². The maximum Gasteiger partial charge on any atom is 0.285 e. The second-order valence-electron chi connectivity index (χ2n) is 8.75. The number of alkyl halides is 4. The number of anilines is 1. The summed E-state index contributed by atoms with van der Waals surface area (Å²) in [7, 11) is 1.35. The number of amides is 1. The number of nitrogens with one attached hydrogen (secondary N) is 1. The molecule has 1 saturated heterocycles. The number of benzene rings is 1. The summed E-state index contributed by atoms with van der Waals surface area (Å²) < 4.78 is 86.1. The monoisotopic (exact) mass is 523 g/mol. The number of nitrogens with zero attached hydrogens (tertiary/aromatic N) is 7. The van der Waals surface area contributed by atoms with Crippen molar-refractivity contribution in [2.45, 2.75) is 44.6 Å². The Hall–Kier alpha value is -3.97. The van der Waals surface area contributed by atoms with Gasteiger partial charge in [0.15, 0.2) is 0 Å². The predicted octanol–water partition coefficient (Wildman–Crippen LogP) is 3.64. The molecule has 4 heterocycles. The molecular weight excluding hydrogens is 496 g/mol. The lowest BCUT2D eigenvalue weighted by molar-refractivity contribution is -0.140. The van der Waals surface area contributed by atoms with Gasteiger partial charge in [0.2, 0.25) is 17.7 Å². The van der Waals surface area contributed by atoms with Crippen LogP contribution in [-0.4, -0.2) is 79.0 Å². The van der Waals surface area contributed by atoms with Gasteiger partial charge in [0, 0.05) is 29.3 Å². The van der Waals surface area contributed by atoms with Gasteiger partial charge in [0.25, 0.3) is 12.3 Å². The highest BCUT2D eigenvalue weighted by atomic mass is 19.3. The van der Waals surface area contributed by atoms with E-state index in [1.807, 2.05) is 0 Å². The topological polar surface area (TPSA) is 102 Å². The Balaban J connectivity index is 1.45. The van der Waals surface area contributed by atoms with Crippen LogP contribution in [0.25, 0.3) is 27.7 Å². The molecule has 4 aromatic rings. The Morgan fingerprint density at radius 2 is 2.14 bits per heavy atom. The van der Waals surface area contributed by atoms with Gasteiger partial charge < -0.3 is 15.0 Å². The zero-order valence-electron chi connectivity index (χ0n) is 22.7. The molecule has 1 N–H and O–H groups in total. The summed E-state index contributed by atoms with van der Waals surface area (Å²) in [5.41, 5.74) is 2.43. The highest BCUT2D eigenvalue weighted by molar-refractivity contribution is 5.89. The predicted molar refractivity (Wildman–Crippen MR) is 126 cm³/mol.